The summed E-state index contributed by atoms with van der Waals surface area (Å²) < 4.78 is 0. The zero-order chi connectivity index (χ0) is 22.8. The molecule has 3 unspecified atom stereocenters. The molecule has 3 atom stereocenters. The molecule has 0 saturated carbocycles. The van der Waals surface area contributed by atoms with Crippen molar-refractivity contribution in [2.75, 3.05) is 26.2 Å². The van der Waals surface area contributed by atoms with E-state index in [1.165, 1.54) is 22.5 Å². The lowest BCUT2D eigenvalue weighted by Gasteiger charge is -2.39. The fraction of sp³-hybridized carbons (Fsp3) is 0.481. The van der Waals surface area contributed by atoms with Crippen LogP contribution in [0.15, 0.2) is 75.9 Å². The molecule has 0 aromatic heterocycles. The molecule has 4 aliphatic heterocycles. The molecule has 1 aliphatic carbocycles. The first-order valence-corrected chi connectivity index (χ1v) is 12.3. The van der Waals surface area contributed by atoms with E-state index in [0.717, 1.165) is 51.1 Å². The summed E-state index contributed by atoms with van der Waals surface area (Å²) in [5.41, 5.74) is 6.15. The maximum atomic E-state index is 12.9. The number of rotatable bonds is 4. The number of likely N-dealkylation sites (tertiary alicyclic amines) is 1. The number of aliphatic imine (C=N–C) groups is 1. The Labute approximate surface area is 197 Å². The fourth-order valence-electron chi connectivity index (χ4n) is 5.36. The Morgan fingerprint density at radius 3 is 2.76 bits per heavy atom. The highest BCUT2D eigenvalue weighted by Crippen LogP contribution is 2.34. The number of hydrogen-bond acceptors (Lipinski definition) is 5. The third-order valence-corrected chi connectivity index (χ3v) is 7.35. The van der Waals surface area contributed by atoms with Crippen LogP contribution in [0.25, 0.3) is 0 Å². The van der Waals surface area contributed by atoms with Crippen LogP contribution in [0.4, 0.5) is 0 Å². The monoisotopic (exact) mass is 445 g/mol. The van der Waals surface area contributed by atoms with E-state index in [1.54, 1.807) is 0 Å². The van der Waals surface area contributed by atoms with Gasteiger partial charge in [-0.05, 0) is 62.6 Å². The summed E-state index contributed by atoms with van der Waals surface area (Å²) in [6, 6.07) is 0.396. The predicted molar refractivity (Wildman–Crippen MR) is 133 cm³/mol. The molecule has 0 spiro atoms. The summed E-state index contributed by atoms with van der Waals surface area (Å²) in [5.74, 6) is 0.966. The number of nitrogens with one attached hydrogen (secondary N) is 3. The average molecular weight is 446 g/mol. The molecule has 1 fully saturated rings. The highest BCUT2D eigenvalue weighted by Gasteiger charge is 2.32. The number of hydrogen-bond donors (Lipinski definition) is 3. The van der Waals surface area contributed by atoms with Gasteiger partial charge < -0.3 is 20.9 Å². The Morgan fingerprint density at radius 1 is 1.15 bits per heavy atom. The lowest BCUT2D eigenvalue weighted by Crippen LogP contribution is -2.48. The molecule has 0 bridgehead atoms. The second-order valence-corrected chi connectivity index (χ2v) is 9.75. The van der Waals surface area contributed by atoms with E-state index in [0.29, 0.717) is 17.9 Å². The first-order chi connectivity index (χ1) is 16.1. The Balaban J connectivity index is 1.24. The van der Waals surface area contributed by atoms with E-state index in [9.17, 15) is 4.79 Å². The van der Waals surface area contributed by atoms with Gasteiger partial charge in [0.05, 0.1) is 5.92 Å². The molecule has 1 amide bonds. The number of piperidine rings is 1. The van der Waals surface area contributed by atoms with Crippen LogP contribution >= 0.6 is 0 Å². The van der Waals surface area contributed by atoms with Gasteiger partial charge >= 0.3 is 0 Å². The van der Waals surface area contributed by atoms with Gasteiger partial charge in [0.2, 0.25) is 5.91 Å². The molecule has 0 radical (unpaired) electrons. The van der Waals surface area contributed by atoms with Crippen LogP contribution in [0.5, 0.6) is 0 Å². The van der Waals surface area contributed by atoms with Crippen LogP contribution in [0, 0.1) is 17.8 Å². The number of amides is 1. The normalized spacial score (nSPS) is 29.5. The summed E-state index contributed by atoms with van der Waals surface area (Å²) in [6.07, 6.45) is 20.3. The molecule has 5 aliphatic rings. The molecule has 33 heavy (non-hydrogen) atoms. The van der Waals surface area contributed by atoms with Crippen LogP contribution in [-0.4, -0.2) is 49.2 Å². The van der Waals surface area contributed by atoms with Crippen molar-refractivity contribution in [2.45, 2.75) is 39.2 Å². The van der Waals surface area contributed by atoms with Crippen molar-refractivity contribution >= 4 is 12.1 Å². The zero-order valence-corrected chi connectivity index (χ0v) is 19.7. The number of fused-ring (bicyclic) bond motifs is 1. The number of nitrogens with zero attached hydrogens (tertiary/aromatic N) is 2. The Bertz CT molecular complexity index is 1000. The maximum absolute atomic E-state index is 12.9. The lowest BCUT2D eigenvalue weighted by molar-refractivity contribution is -0.134. The quantitative estimate of drug-likeness (QED) is 0.622. The van der Waals surface area contributed by atoms with Crippen LogP contribution in [0.2, 0.25) is 0 Å². The van der Waals surface area contributed by atoms with Crippen molar-refractivity contribution in [2.24, 2.45) is 22.7 Å². The van der Waals surface area contributed by atoms with Crippen molar-refractivity contribution in [3.05, 3.63) is 70.9 Å². The molecule has 0 aromatic rings. The van der Waals surface area contributed by atoms with Gasteiger partial charge in [-0.2, -0.15) is 0 Å². The highest BCUT2D eigenvalue weighted by atomic mass is 16.2. The third-order valence-electron chi connectivity index (χ3n) is 7.35. The first kappa shape index (κ1) is 21.8. The van der Waals surface area contributed by atoms with Crippen molar-refractivity contribution in [3.8, 4) is 0 Å². The Hall–Kier alpha value is -3.02. The van der Waals surface area contributed by atoms with E-state index >= 15 is 0 Å². The lowest BCUT2D eigenvalue weighted by atomic mass is 9.79. The second kappa shape index (κ2) is 9.46. The molecule has 6 nitrogen and oxygen atoms in total. The maximum Gasteiger partial charge on any atom is 0.231 e. The van der Waals surface area contributed by atoms with Gasteiger partial charge in [0.1, 0.15) is 0 Å². The fourth-order valence-corrected chi connectivity index (χ4v) is 5.36. The predicted octanol–water partition coefficient (Wildman–Crippen LogP) is 3.17. The van der Waals surface area contributed by atoms with Gasteiger partial charge in [0.15, 0.2) is 0 Å². The van der Waals surface area contributed by atoms with E-state index < -0.39 is 0 Å². The van der Waals surface area contributed by atoms with Crippen molar-refractivity contribution in [1.29, 1.82) is 0 Å². The Kier molecular flexibility index (Phi) is 6.25. The van der Waals surface area contributed by atoms with E-state index in [2.05, 4.69) is 70.5 Å². The summed E-state index contributed by atoms with van der Waals surface area (Å²) in [7, 11) is 0. The van der Waals surface area contributed by atoms with Crippen LogP contribution in [-0.2, 0) is 4.79 Å². The van der Waals surface area contributed by atoms with Gasteiger partial charge in [-0.25, -0.2) is 0 Å². The number of allylic oxidation sites excluding steroid dienone is 9. The van der Waals surface area contributed by atoms with Gasteiger partial charge in [-0.3, -0.25) is 9.79 Å². The highest BCUT2D eigenvalue weighted by molar-refractivity contribution is 5.94. The minimum atomic E-state index is -0.0948. The van der Waals surface area contributed by atoms with E-state index in [4.69, 9.17) is 0 Å². The summed E-state index contributed by atoms with van der Waals surface area (Å²) >= 11 is 0. The van der Waals surface area contributed by atoms with Crippen molar-refractivity contribution in [3.63, 3.8) is 0 Å². The molecule has 0 aromatic carbocycles. The topological polar surface area (TPSA) is 68.8 Å². The van der Waals surface area contributed by atoms with Crippen LogP contribution < -0.4 is 16.0 Å². The second-order valence-electron chi connectivity index (χ2n) is 9.75. The van der Waals surface area contributed by atoms with Crippen LogP contribution in [0.3, 0.4) is 0 Å². The van der Waals surface area contributed by atoms with Gasteiger partial charge in [0.25, 0.3) is 0 Å². The third kappa shape index (κ3) is 4.85. The molecule has 3 N–H and O–H groups in total. The number of carbonyl (C=O) groups is 1. The van der Waals surface area contributed by atoms with E-state index in [-0.39, 0.29) is 11.8 Å². The van der Waals surface area contributed by atoms with E-state index in [1.807, 2.05) is 18.0 Å². The smallest absolute Gasteiger partial charge is 0.231 e. The van der Waals surface area contributed by atoms with Crippen LogP contribution in [0.1, 0.15) is 33.1 Å². The van der Waals surface area contributed by atoms with Crippen molar-refractivity contribution in [1.82, 2.24) is 20.9 Å². The summed E-state index contributed by atoms with van der Waals surface area (Å²) in [6.45, 7) is 7.55. The Morgan fingerprint density at radius 2 is 2.00 bits per heavy atom. The molecule has 4 heterocycles. The molecule has 5 rings (SSSR count). The molecular formula is C27H35N5O. The summed E-state index contributed by atoms with van der Waals surface area (Å²) in [5, 5.41) is 10.7. The molecular weight excluding hydrogens is 410 g/mol. The van der Waals surface area contributed by atoms with Gasteiger partial charge in [-0.1, -0.05) is 24.3 Å². The minimum Gasteiger partial charge on any atom is -0.390 e. The average Bonchev–Trinajstić information content (AvgIpc) is 2.84. The van der Waals surface area contributed by atoms with Gasteiger partial charge in [-0.15, -0.1) is 0 Å². The number of carbonyl (C=O) groups excluding carboxylic acids is 1. The molecule has 6 heteroatoms. The summed E-state index contributed by atoms with van der Waals surface area (Å²) in [4.78, 5) is 19.3. The zero-order valence-electron chi connectivity index (χ0n) is 19.7. The molecule has 1 saturated heterocycles. The van der Waals surface area contributed by atoms with Gasteiger partial charge in [0, 0.05) is 67.4 Å². The SMILES string of the molecule is CC1=CCC(C(=O)N2CCC(NC3=CC(C4=CCNC(C)=C4)=CC4C=CNCC34)CC2)C=N1. The number of dihydropyridines is 1. The molecule has 174 valence electrons. The first-order valence-electron chi connectivity index (χ1n) is 12.3. The largest absolute Gasteiger partial charge is 0.390 e. The minimum absolute atomic E-state index is 0.0948. The standard InChI is InChI=1S/C27H35N5O/c1-18-3-4-22(16-30-18)27(33)32-11-7-24(8-12-32)31-26-15-23(20-6-10-29-19(2)13-20)14-21-5-9-28-17-25(21)26/h3,5-6,9,13-16,21-22,24-25,28-29,31H,4,7-8,10-12,17H2,1-2H3. The van der Waals surface area contributed by atoms with Crippen molar-refractivity contribution < 1.29 is 4.79 Å².